The normalized spacial score (nSPS) is 13.2. The minimum atomic E-state index is -0.489. The summed E-state index contributed by atoms with van der Waals surface area (Å²) in [6.07, 6.45) is 3.06. The van der Waals surface area contributed by atoms with E-state index in [-0.39, 0.29) is 23.6 Å². The van der Waals surface area contributed by atoms with Crippen LogP contribution in [0.3, 0.4) is 0 Å². The lowest BCUT2D eigenvalue weighted by Crippen LogP contribution is -2.38. The lowest BCUT2D eigenvalue weighted by molar-refractivity contribution is -0.119. The summed E-state index contributed by atoms with van der Waals surface area (Å²) in [6.45, 7) is 0.734. The van der Waals surface area contributed by atoms with Gasteiger partial charge in [-0.3, -0.25) is 18.7 Å². The fourth-order valence-electron chi connectivity index (χ4n) is 3.82. The molecule has 0 spiro atoms. The molecule has 0 atom stereocenters. The SMILES string of the molecule is Cn1c(=O)c2c(ncn2CC(=O)N2Cc3cnnn3Cc3ccccc32)n(C)c1=O. The molecule has 0 N–H and O–H groups in total. The number of fused-ring (bicyclic) bond motifs is 3. The van der Waals surface area contributed by atoms with E-state index in [4.69, 9.17) is 0 Å². The maximum absolute atomic E-state index is 13.4. The summed E-state index contributed by atoms with van der Waals surface area (Å²) in [6, 6.07) is 7.63. The van der Waals surface area contributed by atoms with Crippen molar-refractivity contribution in [1.29, 1.82) is 0 Å². The Hall–Kier alpha value is -4.02. The quantitative estimate of drug-likeness (QED) is 0.449. The number of nitrogens with zero attached hydrogens (tertiary/aromatic N) is 8. The predicted molar refractivity (Wildman–Crippen MR) is 107 cm³/mol. The van der Waals surface area contributed by atoms with Gasteiger partial charge in [0.25, 0.3) is 5.56 Å². The Morgan fingerprint density at radius 3 is 2.73 bits per heavy atom. The second-order valence-corrected chi connectivity index (χ2v) is 7.24. The van der Waals surface area contributed by atoms with Crippen LogP contribution in [0.1, 0.15) is 11.3 Å². The molecule has 0 radical (unpaired) electrons. The van der Waals surface area contributed by atoms with Crippen LogP contribution in [-0.2, 0) is 38.5 Å². The number of aryl methyl sites for hydroxylation is 1. The average molecular weight is 406 g/mol. The van der Waals surface area contributed by atoms with Crippen LogP contribution in [0, 0.1) is 0 Å². The molecule has 4 aromatic rings. The first-order valence-electron chi connectivity index (χ1n) is 9.32. The lowest BCUT2D eigenvalue weighted by atomic mass is 10.1. The Kier molecular flexibility index (Phi) is 3.91. The van der Waals surface area contributed by atoms with E-state index in [0.717, 1.165) is 21.5 Å². The molecule has 0 saturated heterocycles. The highest BCUT2D eigenvalue weighted by Crippen LogP contribution is 2.27. The van der Waals surface area contributed by atoms with Gasteiger partial charge in [-0.2, -0.15) is 0 Å². The number of benzene rings is 1. The lowest BCUT2D eigenvalue weighted by Gasteiger charge is -2.22. The monoisotopic (exact) mass is 406 g/mol. The number of imidazole rings is 1. The predicted octanol–water partition coefficient (Wildman–Crippen LogP) is -0.380. The van der Waals surface area contributed by atoms with Crippen LogP contribution in [0.15, 0.2) is 46.4 Å². The number of carbonyl (C=O) groups excluding carboxylic acids is 1. The third-order valence-corrected chi connectivity index (χ3v) is 5.44. The van der Waals surface area contributed by atoms with Crippen LogP contribution >= 0.6 is 0 Å². The zero-order valence-electron chi connectivity index (χ0n) is 16.4. The van der Waals surface area contributed by atoms with E-state index in [1.54, 1.807) is 22.8 Å². The van der Waals surface area contributed by atoms with Gasteiger partial charge in [0.2, 0.25) is 5.91 Å². The number of hydrogen-bond acceptors (Lipinski definition) is 6. The zero-order valence-corrected chi connectivity index (χ0v) is 16.4. The molecule has 1 aliphatic heterocycles. The number of anilines is 1. The maximum atomic E-state index is 13.4. The fraction of sp³-hybridized carbons (Fsp3) is 0.263. The average Bonchev–Trinajstić information content (AvgIpc) is 3.33. The van der Waals surface area contributed by atoms with E-state index in [1.165, 1.54) is 22.5 Å². The van der Waals surface area contributed by atoms with E-state index in [2.05, 4.69) is 15.3 Å². The zero-order chi connectivity index (χ0) is 21.0. The molecule has 0 fully saturated rings. The van der Waals surface area contributed by atoms with Crippen LogP contribution in [0.4, 0.5) is 5.69 Å². The van der Waals surface area contributed by atoms with Crippen LogP contribution in [0.5, 0.6) is 0 Å². The Balaban J connectivity index is 1.58. The van der Waals surface area contributed by atoms with E-state index in [9.17, 15) is 14.4 Å². The number of rotatable bonds is 2. The molecular formula is C19H18N8O3. The highest BCUT2D eigenvalue weighted by Gasteiger charge is 2.26. The first kappa shape index (κ1) is 18.0. The minimum Gasteiger partial charge on any atom is -0.315 e. The van der Waals surface area contributed by atoms with E-state index in [1.807, 2.05) is 24.3 Å². The maximum Gasteiger partial charge on any atom is 0.332 e. The Morgan fingerprint density at radius 2 is 1.90 bits per heavy atom. The summed E-state index contributed by atoms with van der Waals surface area (Å²) < 4.78 is 5.56. The molecule has 1 aliphatic rings. The smallest absolute Gasteiger partial charge is 0.315 e. The van der Waals surface area contributed by atoms with Crippen molar-refractivity contribution in [3.05, 3.63) is 68.9 Å². The molecule has 0 unspecified atom stereocenters. The number of aromatic nitrogens is 7. The summed E-state index contributed by atoms with van der Waals surface area (Å²) in [4.78, 5) is 44.0. The van der Waals surface area contributed by atoms with Crippen molar-refractivity contribution < 1.29 is 4.79 Å². The Bertz CT molecular complexity index is 1420. The molecule has 3 aromatic heterocycles. The van der Waals surface area contributed by atoms with E-state index < -0.39 is 11.2 Å². The summed E-state index contributed by atoms with van der Waals surface area (Å²) in [7, 11) is 2.95. The van der Waals surface area contributed by atoms with Gasteiger partial charge in [-0.25, -0.2) is 14.5 Å². The molecule has 0 bridgehead atoms. The number of para-hydroxylation sites is 1. The first-order chi connectivity index (χ1) is 14.5. The molecule has 0 saturated carbocycles. The number of amides is 1. The van der Waals surface area contributed by atoms with Crippen molar-refractivity contribution in [2.45, 2.75) is 19.6 Å². The van der Waals surface area contributed by atoms with Crippen LogP contribution in [0.25, 0.3) is 11.2 Å². The highest BCUT2D eigenvalue weighted by molar-refractivity contribution is 5.94. The van der Waals surface area contributed by atoms with Crippen molar-refractivity contribution in [2.24, 2.45) is 14.1 Å². The molecule has 11 heteroatoms. The van der Waals surface area contributed by atoms with Gasteiger partial charge < -0.3 is 9.47 Å². The fourth-order valence-corrected chi connectivity index (χ4v) is 3.82. The van der Waals surface area contributed by atoms with Crippen molar-refractivity contribution in [2.75, 3.05) is 4.90 Å². The molecular weight excluding hydrogens is 388 g/mol. The van der Waals surface area contributed by atoms with Crippen molar-refractivity contribution >= 4 is 22.8 Å². The van der Waals surface area contributed by atoms with Gasteiger partial charge in [0.1, 0.15) is 6.54 Å². The Morgan fingerprint density at radius 1 is 1.10 bits per heavy atom. The van der Waals surface area contributed by atoms with Crippen molar-refractivity contribution in [3.63, 3.8) is 0 Å². The van der Waals surface area contributed by atoms with Gasteiger partial charge in [0, 0.05) is 19.8 Å². The molecule has 11 nitrogen and oxygen atoms in total. The summed E-state index contributed by atoms with van der Waals surface area (Å²) >= 11 is 0. The summed E-state index contributed by atoms with van der Waals surface area (Å²) in [5.74, 6) is -0.215. The van der Waals surface area contributed by atoms with Crippen molar-refractivity contribution in [3.8, 4) is 0 Å². The molecule has 1 amide bonds. The topological polar surface area (TPSA) is 113 Å². The molecule has 0 aliphatic carbocycles. The number of carbonyl (C=O) groups is 1. The van der Waals surface area contributed by atoms with Gasteiger partial charge in [-0.05, 0) is 11.6 Å². The molecule has 5 rings (SSSR count). The number of hydrogen-bond donors (Lipinski definition) is 0. The van der Waals surface area contributed by atoms with E-state index >= 15 is 0 Å². The van der Waals surface area contributed by atoms with E-state index in [0.29, 0.717) is 13.1 Å². The van der Waals surface area contributed by atoms with Gasteiger partial charge in [-0.1, -0.05) is 23.4 Å². The summed E-state index contributed by atoms with van der Waals surface area (Å²) in [5, 5.41) is 8.05. The first-order valence-corrected chi connectivity index (χ1v) is 9.32. The van der Waals surface area contributed by atoms with Crippen LogP contribution in [-0.4, -0.2) is 39.6 Å². The second-order valence-electron chi connectivity index (χ2n) is 7.24. The minimum absolute atomic E-state index is 0.0974. The molecule has 4 heterocycles. The third-order valence-electron chi connectivity index (χ3n) is 5.44. The standard InChI is InChI=1S/C19H18N8O3/c1-23-17-16(18(29)24(2)19(23)30)25(11-20-17)10-15(28)26-9-13-7-21-22-27(13)8-12-5-3-4-6-14(12)26/h3-7,11H,8-10H2,1-2H3. The third kappa shape index (κ3) is 2.59. The molecule has 30 heavy (non-hydrogen) atoms. The Labute approximate surface area is 169 Å². The van der Waals surface area contributed by atoms with Gasteiger partial charge in [0.15, 0.2) is 11.2 Å². The van der Waals surface area contributed by atoms with Gasteiger partial charge >= 0.3 is 5.69 Å². The van der Waals surface area contributed by atoms with Crippen molar-refractivity contribution in [1.82, 2.24) is 33.7 Å². The van der Waals surface area contributed by atoms with Gasteiger partial charge in [0.05, 0.1) is 31.3 Å². The van der Waals surface area contributed by atoms with Crippen LogP contribution < -0.4 is 16.1 Å². The molecule has 1 aromatic carbocycles. The summed E-state index contributed by atoms with van der Waals surface area (Å²) in [5.41, 5.74) is 2.05. The highest BCUT2D eigenvalue weighted by atomic mass is 16.2. The van der Waals surface area contributed by atoms with Crippen LogP contribution in [0.2, 0.25) is 0 Å². The van der Waals surface area contributed by atoms with Gasteiger partial charge in [-0.15, -0.1) is 5.10 Å². The molecule has 152 valence electrons. The largest absolute Gasteiger partial charge is 0.332 e. The second kappa shape index (κ2) is 6.51.